The Hall–Kier alpha value is -2.25. The molecule has 1 heterocycles. The molecule has 120 valence electrons. The molecule has 7 heteroatoms. The quantitative estimate of drug-likeness (QED) is 0.672. The van der Waals surface area contributed by atoms with Crippen molar-refractivity contribution >= 4 is 22.4 Å². The number of rotatable bonds is 5. The fraction of sp³-hybridized carbons (Fsp3) is 0.250. The monoisotopic (exact) mass is 330 g/mol. The number of hydrogen-bond donors (Lipinski definition) is 0. The van der Waals surface area contributed by atoms with Crippen LogP contribution >= 0.6 is 0 Å². The standard InChI is InChI=1S/C16H17N3O3S/c1-3-11(2)12-7-6-10-15(16(12)22-23(20)21)19-17-13-8-4-5-9-14(13)18-19/h4-11H,3H2,1-2H3,(H,20,21)/p-1. The first-order chi connectivity index (χ1) is 11.1. The highest BCUT2D eigenvalue weighted by atomic mass is 32.2. The van der Waals surface area contributed by atoms with Gasteiger partial charge in [-0.15, -0.1) is 15.0 Å². The van der Waals surface area contributed by atoms with Gasteiger partial charge in [0.1, 0.15) is 28.1 Å². The van der Waals surface area contributed by atoms with Crippen molar-refractivity contribution < 1.29 is 12.9 Å². The van der Waals surface area contributed by atoms with E-state index in [1.54, 1.807) is 6.07 Å². The van der Waals surface area contributed by atoms with Crippen molar-refractivity contribution in [3.05, 3.63) is 48.0 Å². The molecule has 3 rings (SSSR count). The van der Waals surface area contributed by atoms with E-state index in [0.717, 1.165) is 23.0 Å². The van der Waals surface area contributed by atoms with E-state index in [2.05, 4.69) is 10.2 Å². The second-order valence-corrected chi connectivity index (χ2v) is 5.85. The van der Waals surface area contributed by atoms with E-state index in [1.807, 2.05) is 50.2 Å². The SMILES string of the molecule is CCC(C)c1cccc(-n2nc3ccccc3n2)c1OS(=O)[O-]. The van der Waals surface area contributed by atoms with Gasteiger partial charge in [0.05, 0.1) is 0 Å². The maximum absolute atomic E-state index is 11.1. The minimum Gasteiger partial charge on any atom is -0.740 e. The van der Waals surface area contributed by atoms with Gasteiger partial charge in [0.15, 0.2) is 5.75 Å². The Labute approximate surface area is 136 Å². The molecule has 2 aromatic carbocycles. The lowest BCUT2D eigenvalue weighted by Crippen LogP contribution is -2.09. The summed E-state index contributed by atoms with van der Waals surface area (Å²) in [5, 5.41) is 8.80. The Kier molecular flexibility index (Phi) is 4.40. The average molecular weight is 330 g/mol. The zero-order chi connectivity index (χ0) is 16.4. The minimum atomic E-state index is -2.67. The summed E-state index contributed by atoms with van der Waals surface area (Å²) in [6.07, 6.45) is 0.861. The summed E-state index contributed by atoms with van der Waals surface area (Å²) < 4.78 is 27.3. The van der Waals surface area contributed by atoms with Crippen LogP contribution in [0.15, 0.2) is 42.5 Å². The third-order valence-corrected chi connectivity index (χ3v) is 4.12. The van der Waals surface area contributed by atoms with Crippen molar-refractivity contribution in [2.45, 2.75) is 26.2 Å². The van der Waals surface area contributed by atoms with Crippen LogP contribution in [0.4, 0.5) is 0 Å². The zero-order valence-electron chi connectivity index (χ0n) is 12.8. The highest BCUT2D eigenvalue weighted by molar-refractivity contribution is 7.74. The van der Waals surface area contributed by atoms with Crippen molar-refractivity contribution in [3.63, 3.8) is 0 Å². The molecule has 0 N–H and O–H groups in total. The summed E-state index contributed by atoms with van der Waals surface area (Å²) in [6, 6.07) is 12.9. The summed E-state index contributed by atoms with van der Waals surface area (Å²) >= 11 is -2.67. The molecule has 2 unspecified atom stereocenters. The van der Waals surface area contributed by atoms with Crippen molar-refractivity contribution in [1.29, 1.82) is 0 Å². The van der Waals surface area contributed by atoms with Crippen LogP contribution < -0.4 is 4.18 Å². The first-order valence-corrected chi connectivity index (χ1v) is 8.33. The van der Waals surface area contributed by atoms with Gasteiger partial charge in [-0.3, -0.25) is 0 Å². The van der Waals surface area contributed by atoms with E-state index in [9.17, 15) is 8.76 Å². The highest BCUT2D eigenvalue weighted by Gasteiger charge is 2.18. The van der Waals surface area contributed by atoms with Gasteiger partial charge in [-0.25, -0.2) is 4.21 Å². The maximum atomic E-state index is 11.1. The van der Waals surface area contributed by atoms with Gasteiger partial charge in [0.2, 0.25) is 0 Å². The molecule has 0 saturated carbocycles. The van der Waals surface area contributed by atoms with Gasteiger partial charge < -0.3 is 8.74 Å². The third-order valence-electron chi connectivity index (χ3n) is 3.82. The molecule has 0 radical (unpaired) electrons. The number of benzene rings is 2. The molecule has 0 saturated heterocycles. The van der Waals surface area contributed by atoms with Gasteiger partial charge >= 0.3 is 0 Å². The number of fused-ring (bicyclic) bond motifs is 1. The van der Waals surface area contributed by atoms with Gasteiger partial charge in [0, 0.05) is 5.56 Å². The van der Waals surface area contributed by atoms with Crippen LogP contribution in [0, 0.1) is 0 Å². The van der Waals surface area contributed by atoms with Gasteiger partial charge in [-0.1, -0.05) is 38.1 Å². The van der Waals surface area contributed by atoms with E-state index in [0.29, 0.717) is 5.69 Å². The summed E-state index contributed by atoms with van der Waals surface area (Å²) in [6.45, 7) is 4.06. The topological polar surface area (TPSA) is 80.1 Å². The van der Waals surface area contributed by atoms with Crippen molar-refractivity contribution in [2.24, 2.45) is 0 Å². The summed E-state index contributed by atoms with van der Waals surface area (Å²) in [7, 11) is 0. The second kappa shape index (κ2) is 6.47. The van der Waals surface area contributed by atoms with Crippen LogP contribution in [0.2, 0.25) is 0 Å². The van der Waals surface area contributed by atoms with E-state index in [-0.39, 0.29) is 11.7 Å². The Morgan fingerprint density at radius 3 is 2.39 bits per heavy atom. The predicted octanol–water partition coefficient (Wildman–Crippen LogP) is 3.11. The zero-order valence-corrected chi connectivity index (χ0v) is 13.6. The Bertz CT molecular complexity index is 830. The number of aromatic nitrogens is 3. The predicted molar refractivity (Wildman–Crippen MR) is 87.1 cm³/mol. The Morgan fingerprint density at radius 1 is 1.17 bits per heavy atom. The van der Waals surface area contributed by atoms with Crippen LogP contribution in [-0.2, 0) is 11.4 Å². The molecule has 0 aliphatic heterocycles. The highest BCUT2D eigenvalue weighted by Crippen LogP contribution is 2.34. The van der Waals surface area contributed by atoms with Gasteiger partial charge in [-0.2, -0.15) is 0 Å². The lowest BCUT2D eigenvalue weighted by atomic mass is 9.97. The fourth-order valence-corrected chi connectivity index (χ4v) is 2.75. The molecular formula is C16H16N3O3S-. The molecule has 0 amide bonds. The fourth-order valence-electron chi connectivity index (χ4n) is 2.43. The molecule has 0 aliphatic rings. The van der Waals surface area contributed by atoms with Crippen molar-refractivity contribution in [3.8, 4) is 11.4 Å². The third kappa shape index (κ3) is 3.11. The maximum Gasteiger partial charge on any atom is 0.170 e. The largest absolute Gasteiger partial charge is 0.740 e. The molecule has 0 bridgehead atoms. The van der Waals surface area contributed by atoms with Gasteiger partial charge in [0.25, 0.3) is 0 Å². The Balaban J connectivity index is 2.19. The summed E-state index contributed by atoms with van der Waals surface area (Å²) in [5.41, 5.74) is 2.78. The molecule has 0 fully saturated rings. The molecule has 0 spiro atoms. The molecule has 2 atom stereocenters. The average Bonchev–Trinajstić information content (AvgIpc) is 2.97. The lowest BCUT2D eigenvalue weighted by Gasteiger charge is -2.18. The molecule has 23 heavy (non-hydrogen) atoms. The first-order valence-electron chi connectivity index (χ1n) is 7.33. The van der Waals surface area contributed by atoms with Crippen LogP contribution in [0.3, 0.4) is 0 Å². The van der Waals surface area contributed by atoms with E-state index < -0.39 is 11.4 Å². The van der Waals surface area contributed by atoms with Crippen molar-refractivity contribution in [2.75, 3.05) is 0 Å². The molecule has 0 aliphatic carbocycles. The molecule has 3 aromatic rings. The lowest BCUT2D eigenvalue weighted by molar-refractivity contribution is 0.434. The van der Waals surface area contributed by atoms with E-state index >= 15 is 0 Å². The van der Waals surface area contributed by atoms with E-state index in [4.69, 9.17) is 4.18 Å². The minimum absolute atomic E-state index is 0.151. The van der Waals surface area contributed by atoms with Crippen molar-refractivity contribution in [1.82, 2.24) is 15.0 Å². The molecule has 1 aromatic heterocycles. The molecule has 6 nitrogen and oxygen atoms in total. The first kappa shape index (κ1) is 15.6. The van der Waals surface area contributed by atoms with Crippen LogP contribution in [-0.4, -0.2) is 23.8 Å². The Morgan fingerprint density at radius 2 is 1.83 bits per heavy atom. The summed E-state index contributed by atoms with van der Waals surface area (Å²) in [5.74, 6) is 0.425. The summed E-state index contributed by atoms with van der Waals surface area (Å²) in [4.78, 5) is 1.42. The van der Waals surface area contributed by atoms with Crippen LogP contribution in [0.25, 0.3) is 16.7 Å². The number of hydrogen-bond acceptors (Lipinski definition) is 5. The number of nitrogens with zero attached hydrogens (tertiary/aromatic N) is 3. The van der Waals surface area contributed by atoms with Crippen LogP contribution in [0.1, 0.15) is 31.7 Å². The number of para-hydroxylation sites is 1. The second-order valence-electron chi connectivity index (χ2n) is 5.27. The smallest absolute Gasteiger partial charge is 0.170 e. The normalized spacial score (nSPS) is 13.9. The van der Waals surface area contributed by atoms with Crippen LogP contribution in [0.5, 0.6) is 5.75 Å². The van der Waals surface area contributed by atoms with E-state index in [1.165, 1.54) is 4.80 Å². The molecular weight excluding hydrogens is 314 g/mol. The van der Waals surface area contributed by atoms with Gasteiger partial charge in [-0.05, 0) is 30.5 Å².